The summed E-state index contributed by atoms with van der Waals surface area (Å²) in [5.74, 6) is -0.785. The molecule has 8 nitrogen and oxygen atoms in total. The van der Waals surface area contributed by atoms with Gasteiger partial charge in [-0.3, -0.25) is 4.79 Å². The lowest BCUT2D eigenvalue weighted by molar-refractivity contribution is -0.139. The number of ether oxygens (including phenoxy) is 2. The molecule has 0 spiro atoms. The minimum Gasteiger partial charge on any atom is -0.481 e. The van der Waals surface area contributed by atoms with Crippen LogP contribution >= 0.6 is 0 Å². The van der Waals surface area contributed by atoms with Crippen LogP contribution in [0.1, 0.15) is 65.4 Å². The highest BCUT2D eigenvalue weighted by atomic mass is 16.5. The maximum absolute atomic E-state index is 11.8. The van der Waals surface area contributed by atoms with Crippen molar-refractivity contribution in [3.05, 3.63) is 36.2 Å². The molecule has 34 heavy (non-hydrogen) atoms. The number of rotatable bonds is 12. The third-order valence-corrected chi connectivity index (χ3v) is 6.76. The van der Waals surface area contributed by atoms with Gasteiger partial charge in [0.15, 0.2) is 0 Å². The molecule has 2 aromatic rings. The van der Waals surface area contributed by atoms with E-state index in [1.165, 1.54) is 0 Å². The minimum atomic E-state index is -0.785. The zero-order valence-corrected chi connectivity index (χ0v) is 20.8. The van der Waals surface area contributed by atoms with Crippen LogP contribution < -0.4 is 15.0 Å². The van der Waals surface area contributed by atoms with E-state index in [2.05, 4.69) is 59.2 Å². The molecule has 3 rings (SSSR count). The summed E-state index contributed by atoms with van der Waals surface area (Å²) in [5.41, 5.74) is 3.35. The molecule has 8 heteroatoms. The van der Waals surface area contributed by atoms with Gasteiger partial charge in [0, 0.05) is 31.2 Å². The van der Waals surface area contributed by atoms with Gasteiger partial charge in [-0.2, -0.15) is 0 Å². The average Bonchev–Trinajstić information content (AvgIpc) is 2.84. The van der Waals surface area contributed by atoms with Gasteiger partial charge < -0.3 is 24.8 Å². The molecular formula is C26H38N4O4. The summed E-state index contributed by atoms with van der Waals surface area (Å²) in [4.78, 5) is 22.8. The Balaban J connectivity index is 2.06. The van der Waals surface area contributed by atoms with E-state index in [-0.39, 0.29) is 6.42 Å². The topological polar surface area (TPSA) is 96.8 Å². The van der Waals surface area contributed by atoms with E-state index in [4.69, 9.17) is 9.47 Å². The van der Waals surface area contributed by atoms with Gasteiger partial charge in [-0.15, -0.1) is 0 Å². The van der Waals surface area contributed by atoms with Crippen molar-refractivity contribution in [2.75, 3.05) is 36.6 Å². The first-order valence-electron chi connectivity index (χ1n) is 12.4. The molecule has 0 bridgehead atoms. The number of hydrogen-bond donors (Lipinski definition) is 2. The van der Waals surface area contributed by atoms with Gasteiger partial charge in [-0.25, -0.2) is 9.97 Å². The molecular weight excluding hydrogens is 432 g/mol. The Labute approximate surface area is 202 Å². The van der Waals surface area contributed by atoms with Crippen LogP contribution in [0.5, 0.6) is 6.01 Å². The summed E-state index contributed by atoms with van der Waals surface area (Å²) < 4.78 is 11.0. The molecule has 1 fully saturated rings. The second-order valence-corrected chi connectivity index (χ2v) is 8.76. The Morgan fingerprint density at radius 2 is 1.85 bits per heavy atom. The molecule has 1 saturated heterocycles. The Bertz CT molecular complexity index is 925. The van der Waals surface area contributed by atoms with Gasteiger partial charge in [-0.1, -0.05) is 19.9 Å². The molecule has 0 saturated carbocycles. The SMILES string of the molecule is CCOc1ncc(Nc2cc(C3(CC(=O)O)CCOCC3)ccc2N(CC)C(CC)CC)cn1. The zero-order valence-electron chi connectivity index (χ0n) is 20.8. The number of carboxylic acids is 1. The Morgan fingerprint density at radius 1 is 1.18 bits per heavy atom. The van der Waals surface area contributed by atoms with E-state index in [1.807, 2.05) is 6.92 Å². The van der Waals surface area contributed by atoms with Gasteiger partial charge >= 0.3 is 12.0 Å². The summed E-state index contributed by atoms with van der Waals surface area (Å²) in [7, 11) is 0. The second kappa shape index (κ2) is 12.0. The quantitative estimate of drug-likeness (QED) is 0.439. The zero-order chi connectivity index (χ0) is 24.6. The van der Waals surface area contributed by atoms with Gasteiger partial charge in [0.1, 0.15) is 0 Å². The lowest BCUT2D eigenvalue weighted by Gasteiger charge is -2.38. The lowest BCUT2D eigenvalue weighted by Crippen LogP contribution is -2.37. The van der Waals surface area contributed by atoms with Crippen molar-refractivity contribution in [3.8, 4) is 6.01 Å². The molecule has 2 N–H and O–H groups in total. The maximum Gasteiger partial charge on any atom is 0.316 e. The van der Waals surface area contributed by atoms with Crippen LogP contribution in [0.4, 0.5) is 17.1 Å². The van der Waals surface area contributed by atoms with Crippen molar-refractivity contribution in [1.82, 2.24) is 9.97 Å². The normalized spacial score (nSPS) is 15.2. The lowest BCUT2D eigenvalue weighted by atomic mass is 9.71. The summed E-state index contributed by atoms with van der Waals surface area (Å²) in [5, 5.41) is 13.2. The highest BCUT2D eigenvalue weighted by Crippen LogP contribution is 2.42. The van der Waals surface area contributed by atoms with Crippen LogP contribution in [-0.2, 0) is 14.9 Å². The fraction of sp³-hybridized carbons (Fsp3) is 0.577. The maximum atomic E-state index is 11.8. The molecule has 186 valence electrons. The molecule has 1 aliphatic heterocycles. The molecule has 1 aliphatic rings. The van der Waals surface area contributed by atoms with Crippen molar-refractivity contribution in [3.63, 3.8) is 0 Å². The fourth-order valence-corrected chi connectivity index (χ4v) is 4.93. The molecule has 2 heterocycles. The van der Waals surface area contributed by atoms with Crippen molar-refractivity contribution < 1.29 is 19.4 Å². The number of hydrogen-bond acceptors (Lipinski definition) is 7. The smallest absolute Gasteiger partial charge is 0.316 e. The first-order valence-corrected chi connectivity index (χ1v) is 12.4. The van der Waals surface area contributed by atoms with Gasteiger partial charge in [0.05, 0.1) is 42.5 Å². The van der Waals surface area contributed by atoms with Crippen molar-refractivity contribution >= 4 is 23.0 Å². The van der Waals surface area contributed by atoms with Gasteiger partial charge in [-0.05, 0) is 57.2 Å². The second-order valence-electron chi connectivity index (χ2n) is 8.76. The molecule has 0 amide bonds. The van der Waals surface area contributed by atoms with Crippen LogP contribution in [-0.4, -0.2) is 53.5 Å². The fourth-order valence-electron chi connectivity index (χ4n) is 4.93. The van der Waals surface area contributed by atoms with E-state index in [0.717, 1.165) is 42.0 Å². The standard InChI is InChI=1S/C26H38N4O4/c1-5-21(6-2)30(7-3)23-10-9-19(26(16-24(31)32)11-13-33-14-12-26)15-22(23)29-20-17-27-25(28-18-20)34-8-4/h9-10,15,17-18,21,29H,5-8,11-14,16H2,1-4H3,(H,31,32). The number of carboxylic acid groups (broad SMARTS) is 1. The van der Waals surface area contributed by atoms with E-state index >= 15 is 0 Å². The first kappa shape index (κ1) is 25.7. The number of aromatic nitrogens is 2. The number of aliphatic carboxylic acids is 1. The highest BCUT2D eigenvalue weighted by molar-refractivity contribution is 5.77. The van der Waals surface area contributed by atoms with Gasteiger partial charge in [0.25, 0.3) is 0 Å². The molecule has 0 unspecified atom stereocenters. The van der Waals surface area contributed by atoms with E-state index in [0.29, 0.717) is 44.7 Å². The molecule has 0 radical (unpaired) electrons. The predicted octanol–water partition coefficient (Wildman–Crippen LogP) is 5.16. The third-order valence-electron chi connectivity index (χ3n) is 6.76. The number of benzene rings is 1. The van der Waals surface area contributed by atoms with Crippen LogP contribution in [0.2, 0.25) is 0 Å². The number of nitrogens with one attached hydrogen (secondary N) is 1. The van der Waals surface area contributed by atoms with E-state index in [1.54, 1.807) is 12.4 Å². The predicted molar refractivity (Wildman–Crippen MR) is 134 cm³/mol. The molecule has 1 aromatic carbocycles. The first-order chi connectivity index (χ1) is 16.5. The van der Waals surface area contributed by atoms with Crippen LogP contribution in [0.25, 0.3) is 0 Å². The summed E-state index contributed by atoms with van der Waals surface area (Å²) in [6.07, 6.45) is 6.97. The Kier molecular flexibility index (Phi) is 9.10. The number of carbonyl (C=O) groups is 1. The van der Waals surface area contributed by atoms with Crippen LogP contribution in [0.15, 0.2) is 30.6 Å². The highest BCUT2D eigenvalue weighted by Gasteiger charge is 2.37. The van der Waals surface area contributed by atoms with Gasteiger partial charge in [0.2, 0.25) is 0 Å². The average molecular weight is 471 g/mol. The molecule has 0 atom stereocenters. The number of anilines is 3. The van der Waals surface area contributed by atoms with E-state index < -0.39 is 11.4 Å². The van der Waals surface area contributed by atoms with Crippen LogP contribution in [0.3, 0.4) is 0 Å². The summed E-state index contributed by atoms with van der Waals surface area (Å²) in [6.45, 7) is 11.0. The van der Waals surface area contributed by atoms with Crippen molar-refractivity contribution in [2.45, 2.75) is 71.3 Å². The molecule has 0 aliphatic carbocycles. The summed E-state index contributed by atoms with van der Waals surface area (Å²) in [6, 6.07) is 7.11. The monoisotopic (exact) mass is 470 g/mol. The molecule has 1 aromatic heterocycles. The van der Waals surface area contributed by atoms with Crippen molar-refractivity contribution in [2.24, 2.45) is 0 Å². The Morgan fingerprint density at radius 3 is 2.41 bits per heavy atom. The van der Waals surface area contributed by atoms with E-state index in [9.17, 15) is 9.90 Å². The van der Waals surface area contributed by atoms with Crippen molar-refractivity contribution in [1.29, 1.82) is 0 Å². The Hall–Kier alpha value is -2.87. The van der Waals surface area contributed by atoms with Crippen LogP contribution in [0, 0.1) is 0 Å². The number of nitrogens with zero attached hydrogens (tertiary/aromatic N) is 3. The third kappa shape index (κ3) is 5.97. The largest absolute Gasteiger partial charge is 0.481 e. The summed E-state index contributed by atoms with van der Waals surface area (Å²) >= 11 is 0. The minimum absolute atomic E-state index is 0.0886.